The molecule has 1 nitrogen and oxygen atoms in total. The molecule has 0 aromatic rings. The van der Waals surface area contributed by atoms with Gasteiger partial charge in [-0.1, -0.05) is 6.92 Å². The minimum atomic E-state index is 0. The van der Waals surface area contributed by atoms with Crippen molar-refractivity contribution in [1.82, 2.24) is 4.90 Å². The van der Waals surface area contributed by atoms with E-state index in [0.717, 1.165) is 0 Å². The van der Waals surface area contributed by atoms with Gasteiger partial charge in [0.15, 0.2) is 0 Å². The van der Waals surface area contributed by atoms with Crippen LogP contribution < -0.4 is 0 Å². The maximum absolute atomic E-state index is 3.25. The van der Waals surface area contributed by atoms with Crippen LogP contribution in [0.4, 0.5) is 0 Å². The molecule has 0 N–H and O–H groups in total. The van der Waals surface area contributed by atoms with E-state index < -0.39 is 0 Å². The molecule has 1 heterocycles. The van der Waals surface area contributed by atoms with E-state index >= 15 is 0 Å². The van der Waals surface area contributed by atoms with Crippen LogP contribution in [-0.4, -0.2) is 24.5 Å². The number of hydrogen-bond donors (Lipinski definition) is 0. The Labute approximate surface area is 96.8 Å². The van der Waals surface area contributed by atoms with Gasteiger partial charge in [0, 0.05) is 32.7 Å². The summed E-state index contributed by atoms with van der Waals surface area (Å²) in [5.74, 6) is 1.64. The Morgan fingerprint density at radius 2 is 1.82 bits per heavy atom. The van der Waals surface area contributed by atoms with E-state index in [1.165, 1.54) is 26.1 Å². The predicted octanol–water partition coefficient (Wildman–Crippen LogP) is 2.14. The van der Waals surface area contributed by atoms with Gasteiger partial charge in [-0.2, -0.15) is 13.8 Å². The van der Waals surface area contributed by atoms with Gasteiger partial charge in [-0.15, -0.1) is 13.1 Å². The fraction of sp³-hybridized carbons (Fsp3) is 0.778. The van der Waals surface area contributed by atoms with Crippen molar-refractivity contribution in [3.05, 3.63) is 12.8 Å². The van der Waals surface area contributed by atoms with Crippen LogP contribution in [0.1, 0.15) is 27.2 Å². The minimum Gasteiger partial charge on any atom is -0.362 e. The van der Waals surface area contributed by atoms with E-state index in [1.54, 1.807) is 12.8 Å². The first-order valence-corrected chi connectivity index (χ1v) is 4.07. The molecule has 0 aromatic carbocycles. The fourth-order valence-corrected chi connectivity index (χ4v) is 1.19. The maximum atomic E-state index is 3.25. The molecular weight excluding hydrogens is 211 g/mol. The summed E-state index contributed by atoms with van der Waals surface area (Å²) in [6, 6.07) is 0. The van der Waals surface area contributed by atoms with Crippen molar-refractivity contribution < 1.29 is 32.7 Å². The SMILES string of the molecule is CCCN1C[C-](C)C1.[CH2-]C.[Y]. The largest absolute Gasteiger partial charge is 0.362 e. The van der Waals surface area contributed by atoms with Crippen LogP contribution in [0, 0.1) is 12.8 Å². The Kier molecular flexibility index (Phi) is 12.1. The Morgan fingerprint density at radius 3 is 2.09 bits per heavy atom. The average Bonchev–Trinajstić information content (AvgIpc) is 1.90. The maximum Gasteiger partial charge on any atom is 0 e. The molecular formula is C9H19NY-2. The van der Waals surface area contributed by atoms with E-state index in [2.05, 4.69) is 25.7 Å². The van der Waals surface area contributed by atoms with Crippen molar-refractivity contribution in [2.45, 2.75) is 27.2 Å². The number of nitrogens with zero attached hydrogens (tertiary/aromatic N) is 1. The third-order valence-electron chi connectivity index (χ3n) is 1.53. The van der Waals surface area contributed by atoms with Gasteiger partial charge in [-0.25, -0.2) is 0 Å². The molecule has 65 valence electrons. The van der Waals surface area contributed by atoms with Crippen LogP contribution in [-0.2, 0) is 32.7 Å². The minimum absolute atomic E-state index is 0. The summed E-state index contributed by atoms with van der Waals surface area (Å²) in [6.07, 6.45) is 1.30. The van der Waals surface area contributed by atoms with Crippen molar-refractivity contribution in [2.75, 3.05) is 19.6 Å². The smallest absolute Gasteiger partial charge is 0 e. The Balaban J connectivity index is 0. The zero-order chi connectivity index (χ0) is 7.98. The summed E-state index contributed by atoms with van der Waals surface area (Å²) < 4.78 is 0. The molecule has 0 saturated carbocycles. The number of hydrogen-bond acceptors (Lipinski definition) is 1. The van der Waals surface area contributed by atoms with Crippen molar-refractivity contribution in [3.8, 4) is 0 Å². The van der Waals surface area contributed by atoms with E-state index in [-0.39, 0.29) is 32.7 Å². The van der Waals surface area contributed by atoms with Crippen LogP contribution >= 0.6 is 0 Å². The van der Waals surface area contributed by atoms with Crippen LogP contribution in [0.25, 0.3) is 0 Å². The van der Waals surface area contributed by atoms with Crippen molar-refractivity contribution in [2.24, 2.45) is 0 Å². The number of rotatable bonds is 2. The van der Waals surface area contributed by atoms with E-state index in [0.29, 0.717) is 0 Å². The summed E-state index contributed by atoms with van der Waals surface area (Å²) in [5, 5.41) is 0. The van der Waals surface area contributed by atoms with Gasteiger partial charge in [0.05, 0.1) is 0 Å². The molecule has 1 radical (unpaired) electrons. The van der Waals surface area contributed by atoms with Crippen LogP contribution in [0.3, 0.4) is 0 Å². The first-order valence-electron chi connectivity index (χ1n) is 4.07. The molecule has 1 aliphatic heterocycles. The molecule has 11 heavy (non-hydrogen) atoms. The molecule has 2 heteroatoms. The van der Waals surface area contributed by atoms with Crippen LogP contribution in [0.15, 0.2) is 0 Å². The van der Waals surface area contributed by atoms with E-state index in [9.17, 15) is 0 Å². The standard InChI is InChI=1S/C7H14N.C2H5.Y/c1-3-4-8-5-7(2)6-8;1-2;/h3-6H2,1-2H3;1H2,2H3;/q2*-1;. The topological polar surface area (TPSA) is 3.24 Å². The molecule has 1 aliphatic rings. The second-order valence-electron chi connectivity index (χ2n) is 2.67. The quantitative estimate of drug-likeness (QED) is 0.657. The summed E-state index contributed by atoms with van der Waals surface area (Å²) >= 11 is 0. The van der Waals surface area contributed by atoms with Gasteiger partial charge in [0.2, 0.25) is 0 Å². The third kappa shape index (κ3) is 6.25. The zero-order valence-corrected chi connectivity index (χ0v) is 10.9. The Hall–Kier alpha value is 1.06. The second-order valence-corrected chi connectivity index (χ2v) is 2.67. The predicted molar refractivity (Wildman–Crippen MR) is 46.7 cm³/mol. The summed E-state index contributed by atoms with van der Waals surface area (Å²) in [4.78, 5) is 2.47. The molecule has 0 atom stereocenters. The van der Waals surface area contributed by atoms with Gasteiger partial charge < -0.3 is 11.8 Å². The zero-order valence-electron chi connectivity index (χ0n) is 8.06. The fourth-order valence-electron chi connectivity index (χ4n) is 1.19. The van der Waals surface area contributed by atoms with Gasteiger partial charge in [-0.05, 0) is 13.0 Å². The summed E-state index contributed by atoms with van der Waals surface area (Å²) in [7, 11) is 0. The second kappa shape index (κ2) is 9.15. The van der Waals surface area contributed by atoms with Gasteiger partial charge in [-0.3, -0.25) is 5.92 Å². The van der Waals surface area contributed by atoms with Crippen molar-refractivity contribution in [3.63, 3.8) is 0 Å². The number of likely N-dealkylation sites (tertiary alicyclic amines) is 1. The van der Waals surface area contributed by atoms with E-state index in [4.69, 9.17) is 0 Å². The Morgan fingerprint density at radius 1 is 1.36 bits per heavy atom. The molecule has 0 unspecified atom stereocenters. The van der Waals surface area contributed by atoms with Crippen molar-refractivity contribution in [1.29, 1.82) is 0 Å². The third-order valence-corrected chi connectivity index (χ3v) is 1.53. The Bertz CT molecular complexity index is 67.2. The van der Waals surface area contributed by atoms with Gasteiger partial charge >= 0.3 is 0 Å². The molecule has 1 saturated heterocycles. The van der Waals surface area contributed by atoms with Crippen LogP contribution in [0.5, 0.6) is 0 Å². The van der Waals surface area contributed by atoms with Gasteiger partial charge in [0.25, 0.3) is 0 Å². The average molecular weight is 230 g/mol. The summed E-state index contributed by atoms with van der Waals surface area (Å²) in [5.41, 5.74) is 0. The summed E-state index contributed by atoms with van der Waals surface area (Å²) in [6.45, 7) is 13.3. The molecule has 0 aliphatic carbocycles. The first-order chi connectivity index (χ1) is 4.83. The van der Waals surface area contributed by atoms with Crippen molar-refractivity contribution >= 4 is 0 Å². The van der Waals surface area contributed by atoms with E-state index in [1.807, 2.05) is 0 Å². The first kappa shape index (κ1) is 14.6. The monoisotopic (exact) mass is 230 g/mol. The molecule has 0 bridgehead atoms. The molecule has 0 amide bonds. The van der Waals surface area contributed by atoms with Gasteiger partial charge in [0.1, 0.15) is 0 Å². The normalized spacial score (nSPS) is 17.5. The molecule has 0 spiro atoms. The molecule has 0 aromatic heterocycles. The molecule has 1 rings (SSSR count). The van der Waals surface area contributed by atoms with Crippen LogP contribution in [0.2, 0.25) is 0 Å². The molecule has 1 fully saturated rings.